The summed E-state index contributed by atoms with van der Waals surface area (Å²) in [7, 11) is 1.26. The Hall–Kier alpha value is -3.17. The molecule has 0 amide bonds. The second kappa shape index (κ2) is 11.5. The number of piperidine rings is 1. The van der Waals surface area contributed by atoms with E-state index >= 15 is 0 Å². The average molecular weight is 504 g/mol. The number of halogens is 1. The lowest BCUT2D eigenvalue weighted by Crippen LogP contribution is -2.38. The molecule has 0 spiro atoms. The van der Waals surface area contributed by atoms with Gasteiger partial charge in [-0.2, -0.15) is 4.98 Å². The highest BCUT2D eigenvalue weighted by molar-refractivity contribution is 6.33. The van der Waals surface area contributed by atoms with Gasteiger partial charge in [-0.3, -0.25) is 4.90 Å². The number of ether oxygens (including phenoxy) is 4. The quantitative estimate of drug-likeness (QED) is 0.300. The Morgan fingerprint density at radius 1 is 1.14 bits per heavy atom. The number of benzene rings is 2. The highest BCUT2D eigenvalue weighted by atomic mass is 35.5. The molecule has 1 saturated heterocycles. The molecule has 35 heavy (non-hydrogen) atoms. The fourth-order valence-corrected chi connectivity index (χ4v) is 4.30. The van der Waals surface area contributed by atoms with Crippen LogP contribution >= 0.6 is 11.6 Å². The molecule has 0 unspecified atom stereocenters. The van der Waals surface area contributed by atoms with Crippen molar-refractivity contribution in [2.75, 3.05) is 38.7 Å². The Labute approximate surface area is 209 Å². The molecule has 188 valence electrons. The van der Waals surface area contributed by atoms with Gasteiger partial charge < -0.3 is 28.7 Å². The minimum Gasteiger partial charge on any atom is -0.492 e. The van der Waals surface area contributed by atoms with Gasteiger partial charge in [-0.1, -0.05) is 11.6 Å². The van der Waals surface area contributed by atoms with E-state index in [-0.39, 0.29) is 6.04 Å². The SMILES string of the molecule is CCOc1cc(CN2CCC(Nc3nc4cc(OC(=O)OC)ccc4o3)CC2)cc(OCC)c1Cl. The number of methoxy groups -OCH3 is 1. The van der Waals surface area contributed by atoms with E-state index in [1.54, 1.807) is 18.2 Å². The third-order valence-corrected chi connectivity index (χ3v) is 6.09. The number of anilines is 1. The fraction of sp³-hybridized carbons (Fsp3) is 0.440. The number of nitrogens with one attached hydrogen (secondary N) is 1. The maximum atomic E-state index is 11.3. The Kier molecular flexibility index (Phi) is 8.20. The fourth-order valence-electron chi connectivity index (χ4n) is 4.08. The van der Waals surface area contributed by atoms with Gasteiger partial charge in [0.25, 0.3) is 6.01 Å². The minimum absolute atomic E-state index is 0.244. The van der Waals surface area contributed by atoms with E-state index in [4.69, 9.17) is 30.2 Å². The number of nitrogens with zero attached hydrogens (tertiary/aromatic N) is 2. The van der Waals surface area contributed by atoms with Crippen molar-refractivity contribution < 1.29 is 28.2 Å². The molecule has 1 fully saturated rings. The van der Waals surface area contributed by atoms with Crippen LogP contribution in [0.4, 0.5) is 10.8 Å². The lowest BCUT2D eigenvalue weighted by molar-refractivity contribution is 0.121. The van der Waals surface area contributed by atoms with Crippen LogP contribution < -0.4 is 19.5 Å². The van der Waals surface area contributed by atoms with Crippen molar-refractivity contribution in [1.29, 1.82) is 0 Å². The first kappa shape index (κ1) is 24.9. The number of carbonyl (C=O) groups is 1. The van der Waals surface area contributed by atoms with Gasteiger partial charge in [0.15, 0.2) is 5.58 Å². The molecule has 1 N–H and O–H groups in total. The van der Waals surface area contributed by atoms with Gasteiger partial charge in [0, 0.05) is 31.7 Å². The lowest BCUT2D eigenvalue weighted by Gasteiger charge is -2.32. The standard InChI is InChI=1S/C25H30ClN3O6/c1-4-32-21-12-16(13-22(23(21)26)33-5-2)15-29-10-8-17(9-11-29)27-24-28-19-14-18(34-25(30)31-3)6-7-20(19)35-24/h6-7,12-14,17H,4-5,8-11,15H2,1-3H3,(H,27,28). The van der Waals surface area contributed by atoms with Crippen molar-refractivity contribution >= 4 is 34.9 Å². The summed E-state index contributed by atoms with van der Waals surface area (Å²) in [6.45, 7) is 7.59. The van der Waals surface area contributed by atoms with E-state index in [1.807, 2.05) is 26.0 Å². The van der Waals surface area contributed by atoms with Crippen molar-refractivity contribution in [1.82, 2.24) is 9.88 Å². The van der Waals surface area contributed by atoms with Gasteiger partial charge in [-0.15, -0.1) is 0 Å². The zero-order chi connectivity index (χ0) is 24.8. The molecule has 4 rings (SSSR count). The Balaban J connectivity index is 1.34. The van der Waals surface area contributed by atoms with Crippen LogP contribution in [0.2, 0.25) is 5.02 Å². The van der Waals surface area contributed by atoms with E-state index in [9.17, 15) is 4.79 Å². The zero-order valence-electron chi connectivity index (χ0n) is 20.1. The van der Waals surface area contributed by atoms with Crippen LogP contribution in [0.5, 0.6) is 17.2 Å². The molecule has 0 aliphatic carbocycles. The highest BCUT2D eigenvalue weighted by Gasteiger charge is 2.22. The number of hydrogen-bond donors (Lipinski definition) is 1. The van der Waals surface area contributed by atoms with Gasteiger partial charge in [0.05, 0.1) is 20.3 Å². The minimum atomic E-state index is -0.778. The van der Waals surface area contributed by atoms with Crippen LogP contribution in [0.1, 0.15) is 32.3 Å². The molecule has 0 radical (unpaired) electrons. The first-order valence-corrected chi connectivity index (χ1v) is 12.1. The predicted molar refractivity (Wildman–Crippen MR) is 133 cm³/mol. The van der Waals surface area contributed by atoms with E-state index in [1.165, 1.54) is 7.11 Å². The molecule has 2 aromatic carbocycles. The topological polar surface area (TPSA) is 95.3 Å². The molecule has 2 heterocycles. The smallest absolute Gasteiger partial charge is 0.492 e. The molecule has 1 aliphatic heterocycles. The normalized spacial score (nSPS) is 14.6. The van der Waals surface area contributed by atoms with E-state index in [0.29, 0.717) is 52.6 Å². The van der Waals surface area contributed by atoms with Crippen molar-refractivity contribution in [2.45, 2.75) is 39.3 Å². The monoisotopic (exact) mass is 503 g/mol. The second-order valence-electron chi connectivity index (χ2n) is 8.17. The third kappa shape index (κ3) is 6.29. The van der Waals surface area contributed by atoms with Gasteiger partial charge >= 0.3 is 6.16 Å². The zero-order valence-corrected chi connectivity index (χ0v) is 20.9. The van der Waals surface area contributed by atoms with Crippen LogP contribution in [0, 0.1) is 0 Å². The van der Waals surface area contributed by atoms with Crippen LogP contribution in [0.3, 0.4) is 0 Å². The lowest BCUT2D eigenvalue weighted by atomic mass is 10.0. The number of rotatable bonds is 9. The van der Waals surface area contributed by atoms with Gasteiger partial charge in [0.2, 0.25) is 0 Å². The number of hydrogen-bond acceptors (Lipinski definition) is 9. The molecular formula is C25H30ClN3O6. The van der Waals surface area contributed by atoms with Crippen molar-refractivity contribution in [3.63, 3.8) is 0 Å². The Morgan fingerprint density at radius 3 is 2.46 bits per heavy atom. The maximum Gasteiger partial charge on any atom is 0.513 e. The molecule has 0 bridgehead atoms. The summed E-state index contributed by atoms with van der Waals surface area (Å²) in [4.78, 5) is 18.2. The second-order valence-corrected chi connectivity index (χ2v) is 8.55. The third-order valence-electron chi connectivity index (χ3n) is 5.71. The number of aromatic nitrogens is 1. The van der Waals surface area contributed by atoms with Crippen LogP contribution in [0.15, 0.2) is 34.7 Å². The molecule has 10 heteroatoms. The van der Waals surface area contributed by atoms with Crippen molar-refractivity contribution in [3.05, 3.63) is 40.9 Å². The number of fused-ring (bicyclic) bond motifs is 1. The summed E-state index contributed by atoms with van der Waals surface area (Å²) in [5.41, 5.74) is 2.32. The Bertz CT molecular complexity index is 1130. The maximum absolute atomic E-state index is 11.3. The largest absolute Gasteiger partial charge is 0.513 e. The van der Waals surface area contributed by atoms with E-state index < -0.39 is 6.16 Å². The number of likely N-dealkylation sites (tertiary alicyclic amines) is 1. The van der Waals surface area contributed by atoms with E-state index in [0.717, 1.165) is 38.0 Å². The molecule has 1 aromatic heterocycles. The first-order valence-electron chi connectivity index (χ1n) is 11.7. The Morgan fingerprint density at radius 2 is 1.83 bits per heavy atom. The molecule has 3 aromatic rings. The van der Waals surface area contributed by atoms with Gasteiger partial charge in [-0.05, 0) is 56.5 Å². The van der Waals surface area contributed by atoms with Crippen LogP contribution in [-0.4, -0.2) is 55.5 Å². The molecule has 0 atom stereocenters. The van der Waals surface area contributed by atoms with Gasteiger partial charge in [-0.25, -0.2) is 4.79 Å². The molecule has 0 saturated carbocycles. The summed E-state index contributed by atoms with van der Waals surface area (Å²) < 4.78 is 26.8. The number of oxazole rings is 1. The van der Waals surface area contributed by atoms with Crippen LogP contribution in [0.25, 0.3) is 11.1 Å². The molecular weight excluding hydrogens is 474 g/mol. The predicted octanol–water partition coefficient (Wildman–Crippen LogP) is 5.50. The van der Waals surface area contributed by atoms with Crippen LogP contribution in [-0.2, 0) is 11.3 Å². The van der Waals surface area contributed by atoms with Gasteiger partial charge in [0.1, 0.15) is 27.8 Å². The van der Waals surface area contributed by atoms with Crippen molar-refractivity contribution in [2.24, 2.45) is 0 Å². The summed E-state index contributed by atoms with van der Waals surface area (Å²) in [5, 5.41) is 3.91. The summed E-state index contributed by atoms with van der Waals surface area (Å²) >= 11 is 6.43. The van der Waals surface area contributed by atoms with E-state index in [2.05, 4.69) is 19.9 Å². The summed E-state index contributed by atoms with van der Waals surface area (Å²) in [6.07, 6.45) is 1.11. The first-order chi connectivity index (χ1) is 17.0. The summed E-state index contributed by atoms with van der Waals surface area (Å²) in [5.74, 6) is 1.66. The summed E-state index contributed by atoms with van der Waals surface area (Å²) in [6, 6.07) is 9.68. The highest BCUT2D eigenvalue weighted by Crippen LogP contribution is 2.36. The average Bonchev–Trinajstić information content (AvgIpc) is 3.25. The molecule has 1 aliphatic rings. The number of carbonyl (C=O) groups excluding carboxylic acids is 1. The molecule has 9 nitrogen and oxygen atoms in total. The van der Waals surface area contributed by atoms with Crippen molar-refractivity contribution in [3.8, 4) is 17.2 Å².